The molecule has 27 heavy (non-hydrogen) atoms. The summed E-state index contributed by atoms with van der Waals surface area (Å²) in [6.45, 7) is 0. The molecule has 0 heterocycles. The Morgan fingerprint density at radius 1 is 0.926 bits per heavy atom. The number of amidine groups is 1. The van der Waals surface area contributed by atoms with Crippen LogP contribution in [-0.4, -0.2) is 18.9 Å². The molecule has 0 radical (unpaired) electrons. The zero-order valence-corrected chi connectivity index (χ0v) is 15.0. The van der Waals surface area contributed by atoms with Crippen LogP contribution in [-0.2, 0) is 11.3 Å². The third-order valence-corrected chi connectivity index (χ3v) is 4.02. The molecule has 0 bridgehead atoms. The highest BCUT2D eigenvalue weighted by Gasteiger charge is 2.14. The van der Waals surface area contributed by atoms with Gasteiger partial charge < -0.3 is 15.3 Å². The van der Waals surface area contributed by atoms with Crippen molar-refractivity contribution in [3.8, 4) is 16.9 Å². The van der Waals surface area contributed by atoms with Crippen LogP contribution in [0.4, 0.5) is 0 Å². The summed E-state index contributed by atoms with van der Waals surface area (Å²) in [6, 6.07) is 24.3. The van der Waals surface area contributed by atoms with Gasteiger partial charge in [-0.05, 0) is 34.9 Å². The van der Waals surface area contributed by atoms with Crippen molar-refractivity contribution in [1.29, 1.82) is 0 Å². The molecule has 0 amide bonds. The smallest absolute Gasteiger partial charge is 0.366 e. The summed E-state index contributed by atoms with van der Waals surface area (Å²) in [5.41, 5.74) is 8.99. The maximum atomic E-state index is 12.5. The van der Waals surface area contributed by atoms with E-state index in [1.165, 1.54) is 0 Å². The molecule has 0 saturated carbocycles. The summed E-state index contributed by atoms with van der Waals surface area (Å²) < 4.78 is 5.12. The predicted molar refractivity (Wildman–Crippen MR) is 106 cm³/mol. The van der Waals surface area contributed by atoms with Crippen LogP contribution in [0.15, 0.2) is 84.0 Å². The van der Waals surface area contributed by atoms with Gasteiger partial charge in [0, 0.05) is 6.42 Å². The summed E-state index contributed by atoms with van der Waals surface area (Å²) >= 11 is 0. The van der Waals surface area contributed by atoms with E-state index in [2.05, 4.69) is 5.16 Å². The summed E-state index contributed by atoms with van der Waals surface area (Å²) in [6.07, 6.45) is 0.373. The van der Waals surface area contributed by atoms with Gasteiger partial charge in [0.15, 0.2) is 0 Å². The fourth-order valence-corrected chi connectivity index (χ4v) is 2.66. The Kier molecular flexibility index (Phi) is 5.84. The maximum absolute atomic E-state index is 12.5. The van der Waals surface area contributed by atoms with Crippen molar-refractivity contribution in [2.24, 2.45) is 10.9 Å². The predicted octanol–water partition coefficient (Wildman–Crippen LogP) is 4.03. The van der Waals surface area contributed by atoms with Gasteiger partial charge in [0.2, 0.25) is 0 Å². The quantitative estimate of drug-likeness (QED) is 0.312. The lowest BCUT2D eigenvalue weighted by molar-refractivity contribution is 0.0516. The molecular weight excluding hydrogens is 340 g/mol. The summed E-state index contributed by atoms with van der Waals surface area (Å²) in [5, 5.41) is 3.79. The van der Waals surface area contributed by atoms with Gasteiger partial charge in [-0.15, -0.1) is 0 Å². The second-order valence-corrected chi connectivity index (χ2v) is 5.90. The number of oxime groups is 1. The highest BCUT2D eigenvalue weighted by molar-refractivity contribution is 5.97. The second kappa shape index (κ2) is 8.67. The molecule has 0 atom stereocenters. The van der Waals surface area contributed by atoms with E-state index in [1.54, 1.807) is 19.2 Å². The first-order valence-corrected chi connectivity index (χ1v) is 8.48. The first kappa shape index (κ1) is 18.2. The Morgan fingerprint density at radius 2 is 1.59 bits per heavy atom. The van der Waals surface area contributed by atoms with Gasteiger partial charge in [-0.3, -0.25) is 0 Å². The number of nitrogens with two attached hydrogens (primary N) is 1. The third-order valence-electron chi connectivity index (χ3n) is 4.02. The Morgan fingerprint density at radius 3 is 2.30 bits per heavy atom. The van der Waals surface area contributed by atoms with Crippen LogP contribution < -0.4 is 10.5 Å². The number of hydrogen-bond acceptors (Lipinski definition) is 4. The van der Waals surface area contributed by atoms with Crippen molar-refractivity contribution in [2.75, 3.05) is 7.11 Å². The van der Waals surface area contributed by atoms with Gasteiger partial charge in [-0.1, -0.05) is 65.8 Å². The molecule has 5 heteroatoms. The SMILES string of the molecule is COc1ccc(C/C(N)=N\OC(=O)c2ccccc2-c2ccccc2)cc1. The molecule has 3 aromatic rings. The molecule has 0 aliphatic heterocycles. The minimum absolute atomic E-state index is 0.214. The number of hydrogen-bond donors (Lipinski definition) is 1. The van der Waals surface area contributed by atoms with E-state index in [-0.39, 0.29) is 5.84 Å². The van der Waals surface area contributed by atoms with Crippen molar-refractivity contribution in [3.05, 3.63) is 90.0 Å². The number of methoxy groups -OCH3 is 1. The van der Waals surface area contributed by atoms with E-state index in [4.69, 9.17) is 15.3 Å². The highest BCUT2D eigenvalue weighted by atomic mass is 16.7. The van der Waals surface area contributed by atoms with E-state index in [0.29, 0.717) is 12.0 Å². The Hall–Kier alpha value is -3.60. The fourth-order valence-electron chi connectivity index (χ4n) is 2.66. The van der Waals surface area contributed by atoms with Crippen molar-refractivity contribution < 1.29 is 14.4 Å². The summed E-state index contributed by atoms with van der Waals surface area (Å²) in [7, 11) is 1.61. The molecule has 0 aromatic heterocycles. The van der Waals surface area contributed by atoms with Crippen LogP contribution in [0.5, 0.6) is 5.75 Å². The zero-order valence-electron chi connectivity index (χ0n) is 15.0. The lowest BCUT2D eigenvalue weighted by Crippen LogP contribution is -2.17. The van der Waals surface area contributed by atoms with Crippen LogP contribution in [0.1, 0.15) is 15.9 Å². The minimum atomic E-state index is -0.549. The molecule has 0 aliphatic rings. The molecule has 0 spiro atoms. The van der Waals surface area contributed by atoms with E-state index < -0.39 is 5.97 Å². The van der Waals surface area contributed by atoms with Crippen molar-refractivity contribution >= 4 is 11.8 Å². The lowest BCUT2D eigenvalue weighted by atomic mass is 10.00. The molecule has 0 unspecified atom stereocenters. The highest BCUT2D eigenvalue weighted by Crippen LogP contribution is 2.24. The summed E-state index contributed by atoms with van der Waals surface area (Å²) in [5.74, 6) is 0.427. The maximum Gasteiger partial charge on any atom is 0.366 e. The first-order valence-electron chi connectivity index (χ1n) is 8.48. The molecule has 0 aliphatic carbocycles. The topological polar surface area (TPSA) is 73.9 Å². The van der Waals surface area contributed by atoms with Gasteiger partial charge in [0.05, 0.1) is 12.7 Å². The minimum Gasteiger partial charge on any atom is -0.497 e. The molecule has 0 saturated heterocycles. The van der Waals surface area contributed by atoms with Crippen molar-refractivity contribution in [3.63, 3.8) is 0 Å². The van der Waals surface area contributed by atoms with Crippen LogP contribution >= 0.6 is 0 Å². The van der Waals surface area contributed by atoms with Crippen LogP contribution in [0.25, 0.3) is 11.1 Å². The average Bonchev–Trinajstić information content (AvgIpc) is 2.73. The number of carbonyl (C=O) groups excluding carboxylic acids is 1. The molecule has 136 valence electrons. The second-order valence-electron chi connectivity index (χ2n) is 5.90. The standard InChI is InChI=1S/C22H20N2O3/c1-26-18-13-11-16(12-14-18)15-21(23)24-27-22(25)20-10-6-5-9-19(20)17-7-3-2-4-8-17/h2-14H,15H2,1H3,(H2,23,24). The summed E-state index contributed by atoms with van der Waals surface area (Å²) in [4.78, 5) is 17.5. The number of rotatable bonds is 6. The van der Waals surface area contributed by atoms with Crippen molar-refractivity contribution in [2.45, 2.75) is 6.42 Å². The lowest BCUT2D eigenvalue weighted by Gasteiger charge is -2.07. The van der Waals surface area contributed by atoms with Crippen LogP contribution in [0.3, 0.4) is 0 Å². The number of carbonyl (C=O) groups is 1. The largest absolute Gasteiger partial charge is 0.497 e. The molecule has 2 N–H and O–H groups in total. The Bertz CT molecular complexity index is 935. The average molecular weight is 360 g/mol. The fraction of sp³-hybridized carbons (Fsp3) is 0.0909. The van der Waals surface area contributed by atoms with E-state index in [0.717, 1.165) is 22.4 Å². The molecule has 3 rings (SSSR count). The van der Waals surface area contributed by atoms with Crippen LogP contribution in [0.2, 0.25) is 0 Å². The van der Waals surface area contributed by atoms with Gasteiger partial charge in [-0.25, -0.2) is 4.79 Å². The van der Waals surface area contributed by atoms with Gasteiger partial charge in [-0.2, -0.15) is 0 Å². The normalized spacial score (nSPS) is 11.1. The van der Waals surface area contributed by atoms with Gasteiger partial charge >= 0.3 is 5.97 Å². The molecule has 3 aromatic carbocycles. The Balaban J connectivity index is 1.71. The first-order chi connectivity index (χ1) is 13.2. The molecule has 5 nitrogen and oxygen atoms in total. The monoisotopic (exact) mass is 360 g/mol. The number of nitrogens with zero attached hydrogens (tertiary/aromatic N) is 1. The van der Waals surface area contributed by atoms with Gasteiger partial charge in [0.1, 0.15) is 11.6 Å². The van der Waals surface area contributed by atoms with E-state index >= 15 is 0 Å². The van der Waals surface area contributed by atoms with Crippen LogP contribution in [0, 0.1) is 0 Å². The van der Waals surface area contributed by atoms with E-state index in [9.17, 15) is 4.79 Å². The third kappa shape index (κ3) is 4.73. The van der Waals surface area contributed by atoms with Gasteiger partial charge in [0.25, 0.3) is 0 Å². The van der Waals surface area contributed by atoms with E-state index in [1.807, 2.05) is 66.7 Å². The van der Waals surface area contributed by atoms with Crippen molar-refractivity contribution in [1.82, 2.24) is 0 Å². The zero-order chi connectivity index (χ0) is 19.1. The molecule has 0 fully saturated rings. The number of ether oxygens (including phenoxy) is 1. The molecular formula is C22H20N2O3. The Labute approximate surface area is 158 Å². The number of benzene rings is 3.